The van der Waals surface area contributed by atoms with Crippen molar-refractivity contribution in [3.05, 3.63) is 47.5 Å². The van der Waals surface area contributed by atoms with Crippen molar-refractivity contribution in [3.63, 3.8) is 0 Å². The monoisotopic (exact) mass is 189 g/mol. The van der Waals surface area contributed by atoms with Gasteiger partial charge in [-0.05, 0) is 31.5 Å². The predicted octanol–water partition coefficient (Wildman–Crippen LogP) is 3.22. The normalized spacial score (nSPS) is 12.5. The molecule has 1 unspecified atom stereocenters. The van der Waals surface area contributed by atoms with Gasteiger partial charge in [-0.2, -0.15) is 0 Å². The molecule has 76 valence electrons. The predicted molar refractivity (Wildman–Crippen MR) is 62.4 cm³/mol. The summed E-state index contributed by atoms with van der Waals surface area (Å²) in [5.41, 5.74) is 3.82. The minimum Gasteiger partial charge on any atom is -0.307 e. The molecule has 0 spiro atoms. The summed E-state index contributed by atoms with van der Waals surface area (Å²) in [6.45, 7) is 11.3. The van der Waals surface area contributed by atoms with Crippen molar-refractivity contribution in [1.82, 2.24) is 5.32 Å². The molecule has 0 fully saturated rings. The van der Waals surface area contributed by atoms with E-state index >= 15 is 0 Å². The number of aryl methyl sites for hydroxylation is 1. The summed E-state index contributed by atoms with van der Waals surface area (Å²) in [6, 6.07) is 8.75. The van der Waals surface area contributed by atoms with Gasteiger partial charge in [0.15, 0.2) is 0 Å². The highest BCUT2D eigenvalue weighted by atomic mass is 14.9. The van der Waals surface area contributed by atoms with Crippen LogP contribution in [0.5, 0.6) is 0 Å². The molecular formula is C13H19N. The van der Waals surface area contributed by atoms with Gasteiger partial charge in [-0.1, -0.05) is 43.3 Å². The fourth-order valence-electron chi connectivity index (χ4n) is 1.66. The van der Waals surface area contributed by atoms with Gasteiger partial charge >= 0.3 is 0 Å². The molecule has 0 heterocycles. The van der Waals surface area contributed by atoms with E-state index in [9.17, 15) is 0 Å². The summed E-state index contributed by atoms with van der Waals surface area (Å²) in [5, 5.41) is 3.44. The lowest BCUT2D eigenvalue weighted by Crippen LogP contribution is -2.22. The Morgan fingerprint density at radius 3 is 2.57 bits per heavy atom. The first-order valence-corrected chi connectivity index (χ1v) is 5.11. The van der Waals surface area contributed by atoms with Gasteiger partial charge in [0.05, 0.1) is 6.04 Å². The minimum atomic E-state index is 0.293. The smallest absolute Gasteiger partial charge is 0.0533 e. The third kappa shape index (κ3) is 2.46. The second kappa shape index (κ2) is 4.97. The van der Waals surface area contributed by atoms with E-state index in [4.69, 9.17) is 0 Å². The Morgan fingerprint density at radius 2 is 2.07 bits per heavy atom. The second-order valence-corrected chi connectivity index (χ2v) is 3.69. The largest absolute Gasteiger partial charge is 0.307 e. The zero-order chi connectivity index (χ0) is 10.6. The third-order valence-electron chi connectivity index (χ3n) is 2.40. The van der Waals surface area contributed by atoms with E-state index in [-0.39, 0.29) is 0 Å². The van der Waals surface area contributed by atoms with Gasteiger partial charge < -0.3 is 5.32 Å². The molecule has 1 N–H and O–H groups in total. The van der Waals surface area contributed by atoms with Crippen LogP contribution < -0.4 is 5.32 Å². The second-order valence-electron chi connectivity index (χ2n) is 3.69. The van der Waals surface area contributed by atoms with Crippen LogP contribution in [0.2, 0.25) is 0 Å². The topological polar surface area (TPSA) is 12.0 Å². The molecule has 1 heteroatoms. The maximum Gasteiger partial charge on any atom is 0.0533 e. The molecule has 0 aliphatic rings. The van der Waals surface area contributed by atoms with Crippen LogP contribution in [0.1, 0.15) is 31.0 Å². The molecule has 14 heavy (non-hydrogen) atoms. The Kier molecular flexibility index (Phi) is 3.90. The molecule has 1 atom stereocenters. The zero-order valence-electron chi connectivity index (χ0n) is 9.30. The van der Waals surface area contributed by atoms with E-state index in [2.05, 4.69) is 56.9 Å². The number of benzene rings is 1. The number of rotatable bonds is 4. The van der Waals surface area contributed by atoms with Crippen LogP contribution in [0.4, 0.5) is 0 Å². The highest BCUT2D eigenvalue weighted by Gasteiger charge is 2.11. The summed E-state index contributed by atoms with van der Waals surface area (Å²) in [4.78, 5) is 0. The van der Waals surface area contributed by atoms with Crippen LogP contribution >= 0.6 is 0 Å². The Morgan fingerprint density at radius 1 is 1.43 bits per heavy atom. The van der Waals surface area contributed by atoms with E-state index in [1.54, 1.807) is 0 Å². The zero-order valence-corrected chi connectivity index (χ0v) is 9.30. The first-order valence-electron chi connectivity index (χ1n) is 5.11. The van der Waals surface area contributed by atoms with Crippen molar-refractivity contribution in [2.45, 2.75) is 26.8 Å². The van der Waals surface area contributed by atoms with Gasteiger partial charge in [0.2, 0.25) is 0 Å². The molecule has 1 aromatic rings. The number of nitrogens with one attached hydrogen (secondary N) is 1. The summed E-state index contributed by atoms with van der Waals surface area (Å²) in [5.74, 6) is 0. The summed E-state index contributed by atoms with van der Waals surface area (Å²) in [7, 11) is 0. The van der Waals surface area contributed by atoms with Gasteiger partial charge in [0, 0.05) is 0 Å². The molecule has 0 aliphatic heterocycles. The Bertz CT molecular complexity index is 315. The molecule has 1 aromatic carbocycles. The molecule has 1 nitrogen and oxygen atoms in total. The van der Waals surface area contributed by atoms with Gasteiger partial charge in [0.1, 0.15) is 0 Å². The molecule has 0 aliphatic carbocycles. The molecule has 0 aromatic heterocycles. The van der Waals surface area contributed by atoms with Gasteiger partial charge in [0.25, 0.3) is 0 Å². The van der Waals surface area contributed by atoms with Crippen LogP contribution in [0.25, 0.3) is 0 Å². The van der Waals surface area contributed by atoms with Crippen LogP contribution in [-0.4, -0.2) is 6.54 Å². The van der Waals surface area contributed by atoms with E-state index in [0.29, 0.717) is 6.04 Å². The SMILES string of the molecule is C=C(C)C(NCC)c1ccccc1C. The van der Waals surface area contributed by atoms with Crippen LogP contribution in [0, 0.1) is 6.92 Å². The van der Waals surface area contributed by atoms with Crippen LogP contribution in [-0.2, 0) is 0 Å². The maximum atomic E-state index is 4.03. The Hall–Kier alpha value is -1.08. The van der Waals surface area contributed by atoms with Crippen molar-refractivity contribution in [1.29, 1.82) is 0 Å². The maximum absolute atomic E-state index is 4.03. The summed E-state index contributed by atoms with van der Waals surface area (Å²) >= 11 is 0. The molecule has 1 rings (SSSR count). The minimum absolute atomic E-state index is 0.293. The third-order valence-corrected chi connectivity index (χ3v) is 2.40. The molecular weight excluding hydrogens is 170 g/mol. The summed E-state index contributed by atoms with van der Waals surface area (Å²) < 4.78 is 0. The van der Waals surface area contributed by atoms with Crippen molar-refractivity contribution >= 4 is 0 Å². The standard InChI is InChI=1S/C13H19N/c1-5-14-13(10(2)3)12-9-7-6-8-11(12)4/h6-9,13-14H,2,5H2,1,3-4H3. The molecule has 0 saturated carbocycles. The fourth-order valence-corrected chi connectivity index (χ4v) is 1.66. The average molecular weight is 189 g/mol. The van der Waals surface area contributed by atoms with Crippen molar-refractivity contribution in [2.24, 2.45) is 0 Å². The molecule has 0 saturated heterocycles. The number of hydrogen-bond donors (Lipinski definition) is 1. The van der Waals surface area contributed by atoms with Crippen molar-refractivity contribution < 1.29 is 0 Å². The first-order chi connectivity index (χ1) is 6.66. The lowest BCUT2D eigenvalue weighted by atomic mass is 9.97. The first kappa shape index (κ1) is 11.0. The van der Waals surface area contributed by atoms with Gasteiger partial charge in [-0.3, -0.25) is 0 Å². The quantitative estimate of drug-likeness (QED) is 0.717. The molecule has 0 radical (unpaired) electrons. The molecule has 0 bridgehead atoms. The van der Waals surface area contributed by atoms with Gasteiger partial charge in [-0.15, -0.1) is 0 Å². The Labute approximate surface area is 86.8 Å². The average Bonchev–Trinajstić information content (AvgIpc) is 2.15. The highest BCUT2D eigenvalue weighted by Crippen LogP contribution is 2.22. The van der Waals surface area contributed by atoms with E-state index in [0.717, 1.165) is 6.54 Å². The van der Waals surface area contributed by atoms with E-state index < -0.39 is 0 Å². The van der Waals surface area contributed by atoms with Gasteiger partial charge in [-0.25, -0.2) is 0 Å². The Balaban J connectivity index is 2.99. The van der Waals surface area contributed by atoms with E-state index in [1.165, 1.54) is 16.7 Å². The number of likely N-dealkylation sites (N-methyl/N-ethyl adjacent to an activating group) is 1. The van der Waals surface area contributed by atoms with Crippen LogP contribution in [0.15, 0.2) is 36.4 Å². The van der Waals surface area contributed by atoms with Crippen molar-refractivity contribution in [2.75, 3.05) is 6.54 Å². The van der Waals surface area contributed by atoms with Crippen LogP contribution in [0.3, 0.4) is 0 Å². The van der Waals surface area contributed by atoms with E-state index in [1.807, 2.05) is 0 Å². The lowest BCUT2D eigenvalue weighted by molar-refractivity contribution is 0.618. The number of hydrogen-bond acceptors (Lipinski definition) is 1. The molecule has 0 amide bonds. The van der Waals surface area contributed by atoms with Crippen molar-refractivity contribution in [3.8, 4) is 0 Å². The highest BCUT2D eigenvalue weighted by molar-refractivity contribution is 5.33. The lowest BCUT2D eigenvalue weighted by Gasteiger charge is -2.20. The fraction of sp³-hybridized carbons (Fsp3) is 0.385. The summed E-state index contributed by atoms with van der Waals surface area (Å²) in [6.07, 6.45) is 0.